The molecule has 0 spiro atoms. The third-order valence-electron chi connectivity index (χ3n) is 2.67. The van der Waals surface area contributed by atoms with Crippen LogP contribution in [0.25, 0.3) is 0 Å². The Morgan fingerprint density at radius 1 is 1.53 bits per heavy atom. The highest BCUT2D eigenvalue weighted by Gasteiger charge is 2.20. The molecule has 0 radical (unpaired) electrons. The predicted octanol–water partition coefficient (Wildman–Crippen LogP) is 3.16. The van der Waals surface area contributed by atoms with Crippen molar-refractivity contribution in [1.82, 2.24) is 10.3 Å². The van der Waals surface area contributed by atoms with Gasteiger partial charge in [-0.2, -0.15) is 0 Å². The molecular formula is C12H20N2S. The maximum absolute atomic E-state index is 4.73. The van der Waals surface area contributed by atoms with Gasteiger partial charge in [0.25, 0.3) is 0 Å². The molecule has 0 aliphatic carbocycles. The van der Waals surface area contributed by atoms with Gasteiger partial charge in [0.1, 0.15) is 0 Å². The predicted molar refractivity (Wildman–Crippen MR) is 65.3 cm³/mol. The Balaban J connectivity index is 2.03. The monoisotopic (exact) mass is 224 g/mol. The minimum atomic E-state index is 0.345. The van der Waals surface area contributed by atoms with Crippen LogP contribution in [0.1, 0.15) is 50.4 Å². The van der Waals surface area contributed by atoms with Gasteiger partial charge < -0.3 is 5.32 Å². The zero-order valence-electron chi connectivity index (χ0n) is 9.84. The van der Waals surface area contributed by atoms with Gasteiger partial charge in [0.05, 0.1) is 16.7 Å². The average Bonchev–Trinajstić information content (AvgIpc) is 2.68. The number of nitrogens with zero attached hydrogens (tertiary/aromatic N) is 1. The number of aromatic nitrogens is 1. The Morgan fingerprint density at radius 2 is 2.33 bits per heavy atom. The third-order valence-corrected chi connectivity index (χ3v) is 3.54. The summed E-state index contributed by atoms with van der Waals surface area (Å²) >= 11 is 1.81. The highest BCUT2D eigenvalue weighted by molar-refractivity contribution is 7.09. The molecule has 0 aromatic carbocycles. The second-order valence-corrected chi connectivity index (χ2v) is 6.50. The molecule has 1 aromatic heterocycles. The van der Waals surface area contributed by atoms with E-state index in [4.69, 9.17) is 4.98 Å². The van der Waals surface area contributed by atoms with Crippen LogP contribution >= 0.6 is 11.3 Å². The van der Waals surface area contributed by atoms with Crippen molar-refractivity contribution in [1.29, 1.82) is 0 Å². The lowest BCUT2D eigenvalue weighted by molar-refractivity contribution is 0.409. The molecule has 1 N–H and O–H groups in total. The molecule has 3 heteroatoms. The first-order chi connectivity index (χ1) is 7.04. The van der Waals surface area contributed by atoms with Crippen LogP contribution in [-0.2, 0) is 6.42 Å². The van der Waals surface area contributed by atoms with Gasteiger partial charge >= 0.3 is 0 Å². The van der Waals surface area contributed by atoms with E-state index in [1.165, 1.54) is 23.5 Å². The number of rotatable bonds is 2. The summed E-state index contributed by atoms with van der Waals surface area (Å²) in [5, 5.41) is 7.00. The van der Waals surface area contributed by atoms with Gasteiger partial charge in [0.2, 0.25) is 0 Å². The van der Waals surface area contributed by atoms with E-state index in [2.05, 4.69) is 31.5 Å². The molecule has 2 rings (SSSR count). The topological polar surface area (TPSA) is 24.9 Å². The quantitative estimate of drug-likeness (QED) is 0.834. The number of hydrogen-bond donors (Lipinski definition) is 1. The van der Waals surface area contributed by atoms with E-state index in [9.17, 15) is 0 Å². The fourth-order valence-electron chi connectivity index (χ4n) is 1.96. The van der Waals surface area contributed by atoms with Crippen LogP contribution < -0.4 is 5.32 Å². The molecule has 2 heterocycles. The molecule has 15 heavy (non-hydrogen) atoms. The molecule has 84 valence electrons. The highest BCUT2D eigenvalue weighted by Crippen LogP contribution is 2.27. The minimum Gasteiger partial charge on any atom is -0.309 e. The van der Waals surface area contributed by atoms with E-state index in [0.717, 1.165) is 13.0 Å². The molecule has 1 atom stereocenters. The number of nitrogens with one attached hydrogen (secondary N) is 1. The van der Waals surface area contributed by atoms with Crippen molar-refractivity contribution in [3.63, 3.8) is 0 Å². The summed E-state index contributed by atoms with van der Waals surface area (Å²) < 4.78 is 0. The molecule has 1 aromatic rings. The van der Waals surface area contributed by atoms with Crippen LogP contribution in [0.4, 0.5) is 0 Å². The van der Waals surface area contributed by atoms with Crippen LogP contribution in [0.2, 0.25) is 0 Å². The lowest BCUT2D eigenvalue weighted by Crippen LogP contribution is -2.14. The molecule has 2 nitrogen and oxygen atoms in total. The van der Waals surface area contributed by atoms with Crippen molar-refractivity contribution < 1.29 is 0 Å². The van der Waals surface area contributed by atoms with Gasteiger partial charge in [-0.05, 0) is 24.8 Å². The largest absolute Gasteiger partial charge is 0.309 e. The lowest BCUT2D eigenvalue weighted by Gasteiger charge is -2.15. The molecule has 0 unspecified atom stereocenters. The van der Waals surface area contributed by atoms with Crippen LogP contribution in [0.5, 0.6) is 0 Å². The summed E-state index contributed by atoms with van der Waals surface area (Å²) in [6.45, 7) is 7.95. The first-order valence-electron chi connectivity index (χ1n) is 5.72. The molecule has 1 fully saturated rings. The molecular weight excluding hydrogens is 204 g/mol. The Morgan fingerprint density at radius 3 is 2.93 bits per heavy atom. The highest BCUT2D eigenvalue weighted by atomic mass is 32.1. The maximum Gasteiger partial charge on any atom is 0.0934 e. The average molecular weight is 224 g/mol. The second-order valence-electron chi connectivity index (χ2n) is 5.55. The number of hydrogen-bond acceptors (Lipinski definition) is 3. The van der Waals surface area contributed by atoms with E-state index in [1.54, 1.807) is 0 Å². The van der Waals surface area contributed by atoms with Crippen LogP contribution in [0.15, 0.2) is 5.38 Å². The lowest BCUT2D eigenvalue weighted by atomic mass is 9.93. The standard InChI is InChI=1S/C12H20N2S/c1-12(2,3)7-11-14-10(8-15-11)9-5-4-6-13-9/h8-9,13H,4-7H2,1-3H3/t9-/m0/s1. The van der Waals surface area contributed by atoms with E-state index in [0.29, 0.717) is 11.5 Å². The summed E-state index contributed by atoms with van der Waals surface area (Å²) in [4.78, 5) is 4.73. The fourth-order valence-corrected chi connectivity index (χ4v) is 3.11. The Hall–Kier alpha value is -0.410. The number of thiazole rings is 1. The molecule has 1 aliphatic heterocycles. The molecule has 1 aliphatic rings. The van der Waals surface area contributed by atoms with Gasteiger partial charge in [-0.3, -0.25) is 0 Å². The van der Waals surface area contributed by atoms with Gasteiger partial charge in [0.15, 0.2) is 0 Å². The molecule has 0 amide bonds. The van der Waals surface area contributed by atoms with Crippen molar-refractivity contribution in [3.05, 3.63) is 16.1 Å². The zero-order valence-corrected chi connectivity index (χ0v) is 10.7. The summed E-state index contributed by atoms with van der Waals surface area (Å²) in [6.07, 6.45) is 3.62. The van der Waals surface area contributed by atoms with Crippen molar-refractivity contribution in [3.8, 4) is 0 Å². The Kier molecular flexibility index (Phi) is 3.12. The second kappa shape index (κ2) is 4.22. The SMILES string of the molecule is CC(C)(C)Cc1nc([C@@H]2CCCN2)cs1. The van der Waals surface area contributed by atoms with Gasteiger partial charge in [-0.15, -0.1) is 11.3 Å². The summed E-state index contributed by atoms with van der Waals surface area (Å²) in [5.41, 5.74) is 1.61. The summed E-state index contributed by atoms with van der Waals surface area (Å²) in [7, 11) is 0. The van der Waals surface area contributed by atoms with Gasteiger partial charge in [-0.1, -0.05) is 20.8 Å². The van der Waals surface area contributed by atoms with E-state index in [1.807, 2.05) is 11.3 Å². The Bertz CT molecular complexity index is 319. The van der Waals surface area contributed by atoms with E-state index < -0.39 is 0 Å². The van der Waals surface area contributed by atoms with Gasteiger partial charge in [0, 0.05) is 11.8 Å². The van der Waals surface area contributed by atoms with Crippen LogP contribution in [-0.4, -0.2) is 11.5 Å². The van der Waals surface area contributed by atoms with Gasteiger partial charge in [-0.25, -0.2) is 4.98 Å². The fraction of sp³-hybridized carbons (Fsp3) is 0.750. The smallest absolute Gasteiger partial charge is 0.0934 e. The van der Waals surface area contributed by atoms with Crippen LogP contribution in [0, 0.1) is 5.41 Å². The molecule has 0 saturated carbocycles. The van der Waals surface area contributed by atoms with E-state index >= 15 is 0 Å². The third kappa shape index (κ3) is 3.02. The zero-order chi connectivity index (χ0) is 10.9. The first-order valence-corrected chi connectivity index (χ1v) is 6.60. The molecule has 1 saturated heterocycles. The summed E-state index contributed by atoms with van der Waals surface area (Å²) in [5.74, 6) is 0. The molecule has 0 bridgehead atoms. The van der Waals surface area contributed by atoms with Crippen molar-refractivity contribution in [2.45, 2.75) is 46.1 Å². The minimum absolute atomic E-state index is 0.345. The summed E-state index contributed by atoms with van der Waals surface area (Å²) in [6, 6.07) is 0.523. The van der Waals surface area contributed by atoms with Crippen molar-refractivity contribution in [2.75, 3.05) is 6.54 Å². The van der Waals surface area contributed by atoms with Crippen molar-refractivity contribution in [2.24, 2.45) is 5.41 Å². The van der Waals surface area contributed by atoms with Crippen molar-refractivity contribution >= 4 is 11.3 Å². The normalized spacial score (nSPS) is 22.2. The first kappa shape index (κ1) is 11.1. The van der Waals surface area contributed by atoms with Crippen LogP contribution in [0.3, 0.4) is 0 Å². The van der Waals surface area contributed by atoms with E-state index in [-0.39, 0.29) is 0 Å². The maximum atomic E-state index is 4.73. The Labute approximate surface area is 96.1 Å².